The molecule has 1 aromatic rings. The summed E-state index contributed by atoms with van der Waals surface area (Å²) in [7, 11) is 0. The van der Waals surface area contributed by atoms with Crippen LogP contribution in [0, 0.1) is 0 Å². The normalized spacial score (nSPS) is 12.6. The van der Waals surface area contributed by atoms with E-state index in [1.54, 1.807) is 0 Å². The highest BCUT2D eigenvalue weighted by Gasteiger charge is 2.19. The van der Waals surface area contributed by atoms with Crippen molar-refractivity contribution in [1.82, 2.24) is 9.97 Å². The molecule has 1 aromatic heterocycles. The monoisotopic (exact) mass is 295 g/mol. The van der Waals surface area contributed by atoms with Gasteiger partial charge in [-0.2, -0.15) is 0 Å². The van der Waals surface area contributed by atoms with Crippen LogP contribution in [-0.2, 0) is 11.2 Å². The molecule has 20 heavy (non-hydrogen) atoms. The van der Waals surface area contributed by atoms with Gasteiger partial charge < -0.3 is 5.32 Å². The third-order valence-corrected chi connectivity index (χ3v) is 4.00. The maximum atomic E-state index is 4.74. The zero-order chi connectivity index (χ0) is 15.4. The molecule has 1 heterocycles. The van der Waals surface area contributed by atoms with Crippen LogP contribution in [0.15, 0.2) is 6.07 Å². The lowest BCUT2D eigenvalue weighted by Crippen LogP contribution is -2.17. The Morgan fingerprint density at radius 3 is 2.25 bits per heavy atom. The molecule has 0 saturated carbocycles. The topological polar surface area (TPSA) is 37.8 Å². The largest absolute Gasteiger partial charge is 0.370 e. The van der Waals surface area contributed by atoms with Gasteiger partial charge in [-0.15, -0.1) is 11.8 Å². The smallest absolute Gasteiger partial charge is 0.140 e. The lowest BCUT2D eigenvalue weighted by molar-refractivity contribution is 0.564. The summed E-state index contributed by atoms with van der Waals surface area (Å²) < 4.78 is 0.234. The highest BCUT2D eigenvalue weighted by Crippen LogP contribution is 2.28. The SMILES string of the molecule is CCCNc1cc(C(C)(C)C)nc(CSC(C)(C)C)n1. The molecule has 0 aliphatic heterocycles. The summed E-state index contributed by atoms with van der Waals surface area (Å²) in [6, 6.07) is 2.08. The standard InChI is InChI=1S/C16H29N3S/c1-8-9-17-13-10-12(15(2,3)4)18-14(19-13)11-20-16(5,6)7/h10H,8-9,11H2,1-7H3,(H,17,18,19). The van der Waals surface area contributed by atoms with E-state index in [2.05, 4.69) is 64.8 Å². The molecular weight excluding hydrogens is 266 g/mol. The van der Waals surface area contributed by atoms with Crippen molar-refractivity contribution in [3.63, 3.8) is 0 Å². The molecule has 0 bridgehead atoms. The third kappa shape index (κ3) is 6.12. The van der Waals surface area contributed by atoms with Gasteiger partial charge in [0, 0.05) is 22.8 Å². The minimum absolute atomic E-state index is 0.0483. The Morgan fingerprint density at radius 2 is 1.75 bits per heavy atom. The number of thioether (sulfide) groups is 1. The molecule has 0 aliphatic carbocycles. The van der Waals surface area contributed by atoms with Crippen LogP contribution in [0.1, 0.15) is 66.4 Å². The molecule has 0 aromatic carbocycles. The summed E-state index contributed by atoms with van der Waals surface area (Å²) in [6.07, 6.45) is 1.10. The van der Waals surface area contributed by atoms with E-state index >= 15 is 0 Å². The fourth-order valence-corrected chi connectivity index (χ4v) is 2.26. The van der Waals surface area contributed by atoms with Crippen LogP contribution in [0.25, 0.3) is 0 Å². The summed E-state index contributed by atoms with van der Waals surface area (Å²) in [6.45, 7) is 16.4. The Bertz CT molecular complexity index is 430. The van der Waals surface area contributed by atoms with Crippen LogP contribution in [0.4, 0.5) is 5.82 Å². The molecule has 4 heteroatoms. The number of rotatable bonds is 5. The van der Waals surface area contributed by atoms with Crippen LogP contribution in [0.2, 0.25) is 0 Å². The van der Waals surface area contributed by atoms with Crippen molar-refractivity contribution in [3.8, 4) is 0 Å². The second-order valence-electron chi connectivity index (χ2n) is 7.13. The number of hydrogen-bond donors (Lipinski definition) is 1. The first-order valence-corrected chi connectivity index (χ1v) is 8.36. The zero-order valence-electron chi connectivity index (χ0n) is 14.0. The van der Waals surface area contributed by atoms with E-state index < -0.39 is 0 Å². The maximum absolute atomic E-state index is 4.74. The van der Waals surface area contributed by atoms with Crippen molar-refractivity contribution in [1.29, 1.82) is 0 Å². The van der Waals surface area contributed by atoms with Crippen molar-refractivity contribution >= 4 is 17.6 Å². The fraction of sp³-hybridized carbons (Fsp3) is 0.750. The van der Waals surface area contributed by atoms with Crippen molar-refractivity contribution in [2.45, 2.75) is 70.8 Å². The van der Waals surface area contributed by atoms with E-state index in [1.807, 2.05) is 11.8 Å². The van der Waals surface area contributed by atoms with Crippen LogP contribution in [-0.4, -0.2) is 21.3 Å². The van der Waals surface area contributed by atoms with E-state index in [0.29, 0.717) is 0 Å². The van der Waals surface area contributed by atoms with Gasteiger partial charge in [0.1, 0.15) is 11.6 Å². The lowest BCUT2D eigenvalue weighted by atomic mass is 9.92. The van der Waals surface area contributed by atoms with E-state index in [0.717, 1.165) is 36.1 Å². The van der Waals surface area contributed by atoms with Gasteiger partial charge in [-0.05, 0) is 6.42 Å². The van der Waals surface area contributed by atoms with Gasteiger partial charge in [-0.25, -0.2) is 9.97 Å². The van der Waals surface area contributed by atoms with E-state index in [-0.39, 0.29) is 10.2 Å². The van der Waals surface area contributed by atoms with E-state index in [1.165, 1.54) is 0 Å². The molecule has 0 fully saturated rings. The van der Waals surface area contributed by atoms with E-state index in [9.17, 15) is 0 Å². The minimum Gasteiger partial charge on any atom is -0.370 e. The number of nitrogens with zero attached hydrogens (tertiary/aromatic N) is 2. The van der Waals surface area contributed by atoms with Crippen molar-refractivity contribution < 1.29 is 0 Å². The first-order chi connectivity index (χ1) is 9.12. The Morgan fingerprint density at radius 1 is 1.10 bits per heavy atom. The molecule has 1 N–H and O–H groups in total. The molecule has 0 radical (unpaired) electrons. The zero-order valence-corrected chi connectivity index (χ0v) is 14.8. The quantitative estimate of drug-likeness (QED) is 0.859. The average Bonchev–Trinajstić information content (AvgIpc) is 2.32. The molecular formula is C16H29N3S. The summed E-state index contributed by atoms with van der Waals surface area (Å²) >= 11 is 1.89. The first kappa shape index (κ1) is 17.3. The molecule has 0 saturated heterocycles. The number of hydrogen-bond acceptors (Lipinski definition) is 4. The van der Waals surface area contributed by atoms with Crippen LogP contribution in [0.5, 0.6) is 0 Å². The molecule has 0 atom stereocenters. The molecule has 114 valence electrons. The summed E-state index contributed by atoms with van der Waals surface area (Å²) in [5.41, 5.74) is 1.16. The Labute approximate surface area is 128 Å². The third-order valence-electron chi connectivity index (χ3n) is 2.73. The van der Waals surface area contributed by atoms with Crippen molar-refractivity contribution in [2.24, 2.45) is 0 Å². The minimum atomic E-state index is 0.0483. The average molecular weight is 295 g/mol. The highest BCUT2D eigenvalue weighted by molar-refractivity contribution is 7.99. The van der Waals surface area contributed by atoms with E-state index in [4.69, 9.17) is 4.98 Å². The molecule has 0 aliphatic rings. The predicted molar refractivity (Wildman–Crippen MR) is 90.6 cm³/mol. The summed E-state index contributed by atoms with van der Waals surface area (Å²) in [5, 5.41) is 3.38. The number of aromatic nitrogens is 2. The highest BCUT2D eigenvalue weighted by atomic mass is 32.2. The van der Waals surface area contributed by atoms with Crippen molar-refractivity contribution in [3.05, 3.63) is 17.6 Å². The van der Waals surface area contributed by atoms with Crippen LogP contribution in [0.3, 0.4) is 0 Å². The Kier molecular flexibility index (Phi) is 5.87. The number of nitrogens with one attached hydrogen (secondary N) is 1. The molecule has 3 nitrogen and oxygen atoms in total. The second kappa shape index (κ2) is 6.79. The van der Waals surface area contributed by atoms with Gasteiger partial charge in [0.2, 0.25) is 0 Å². The van der Waals surface area contributed by atoms with Gasteiger partial charge in [0.05, 0.1) is 11.4 Å². The van der Waals surface area contributed by atoms with Gasteiger partial charge in [-0.1, -0.05) is 48.5 Å². The van der Waals surface area contributed by atoms with Crippen LogP contribution >= 0.6 is 11.8 Å². The lowest BCUT2D eigenvalue weighted by Gasteiger charge is -2.21. The number of anilines is 1. The van der Waals surface area contributed by atoms with Gasteiger partial charge in [0.25, 0.3) is 0 Å². The maximum Gasteiger partial charge on any atom is 0.140 e. The van der Waals surface area contributed by atoms with Crippen LogP contribution < -0.4 is 5.32 Å². The second-order valence-corrected chi connectivity index (χ2v) is 8.93. The predicted octanol–water partition coefficient (Wildman–Crippen LogP) is 4.63. The Balaban J connectivity index is 2.97. The molecule has 0 amide bonds. The first-order valence-electron chi connectivity index (χ1n) is 7.38. The summed E-state index contributed by atoms with van der Waals surface area (Å²) in [5.74, 6) is 2.74. The van der Waals surface area contributed by atoms with Crippen molar-refractivity contribution in [2.75, 3.05) is 11.9 Å². The van der Waals surface area contributed by atoms with Gasteiger partial charge in [0.15, 0.2) is 0 Å². The van der Waals surface area contributed by atoms with Gasteiger partial charge in [-0.3, -0.25) is 0 Å². The molecule has 0 spiro atoms. The molecule has 0 unspecified atom stereocenters. The summed E-state index contributed by atoms with van der Waals surface area (Å²) in [4.78, 5) is 9.39. The fourth-order valence-electron chi connectivity index (χ4n) is 1.57. The Hall–Kier alpha value is -0.770. The molecule has 1 rings (SSSR count). The van der Waals surface area contributed by atoms with Gasteiger partial charge >= 0.3 is 0 Å².